The third-order valence-corrected chi connectivity index (χ3v) is 8.50. The van der Waals surface area contributed by atoms with Crippen molar-refractivity contribution < 1.29 is 85.6 Å². The molecule has 0 spiro atoms. The number of methoxy groups -OCH3 is 1. The van der Waals surface area contributed by atoms with E-state index in [-0.39, 0.29) is 43.7 Å². The maximum atomic E-state index is 13.4. The van der Waals surface area contributed by atoms with Crippen molar-refractivity contribution in [1.82, 2.24) is 26.6 Å². The second-order valence-electron chi connectivity index (χ2n) is 15.0. The SMILES string of the molecule is [2H]COCC(CC(=O)CNC(=O)CCNC(=O)CCOCC(C)(C)C)C(=O)NC(CCC(=O)NC[C@H](O)[C@@H](O)[C@H](O)[C@H](O)CC)C(=O)NC[C@H](O)[C@@H](O)[C@H](O)[C@H](O)CO. The van der Waals surface area contributed by atoms with Crippen molar-refractivity contribution in [3.05, 3.63) is 0 Å². The number of hydrogen-bond acceptors (Lipinski definition) is 17. The molecule has 0 saturated heterocycles. The molecule has 338 valence electrons. The van der Waals surface area contributed by atoms with Crippen molar-refractivity contribution in [3.8, 4) is 0 Å². The van der Waals surface area contributed by atoms with Crippen LogP contribution in [0.2, 0.25) is 0 Å². The molecule has 0 fully saturated rings. The Morgan fingerprint density at radius 2 is 1.24 bits per heavy atom. The van der Waals surface area contributed by atoms with Gasteiger partial charge in [0.1, 0.15) is 36.6 Å². The lowest BCUT2D eigenvalue weighted by Gasteiger charge is -2.27. The van der Waals surface area contributed by atoms with Gasteiger partial charge in [0.2, 0.25) is 29.5 Å². The van der Waals surface area contributed by atoms with Crippen LogP contribution in [-0.2, 0) is 38.2 Å². The van der Waals surface area contributed by atoms with E-state index in [0.29, 0.717) is 6.61 Å². The Hall–Kier alpha value is -3.42. The summed E-state index contributed by atoms with van der Waals surface area (Å²) in [5.41, 5.74) is -0.0600. The molecule has 2 unspecified atom stereocenters. The Bertz CT molecular complexity index is 1280. The van der Waals surface area contributed by atoms with Crippen LogP contribution >= 0.6 is 0 Å². The molecule has 0 aromatic heterocycles. The van der Waals surface area contributed by atoms with Crippen molar-refractivity contribution in [2.24, 2.45) is 11.3 Å². The topological polar surface area (TPSA) is 363 Å². The van der Waals surface area contributed by atoms with E-state index in [4.69, 9.17) is 16.0 Å². The van der Waals surface area contributed by atoms with Gasteiger partial charge in [-0.05, 0) is 18.3 Å². The monoisotopic (exact) mass is 842 g/mol. The molecule has 0 aliphatic rings. The first-order valence-corrected chi connectivity index (χ1v) is 19.0. The summed E-state index contributed by atoms with van der Waals surface area (Å²) in [5, 5.41) is 100. The first kappa shape index (κ1) is 52.6. The van der Waals surface area contributed by atoms with Crippen LogP contribution in [0.4, 0.5) is 0 Å². The fraction of sp³-hybridized carbons (Fsp3) is 0.833. The van der Waals surface area contributed by atoms with Crippen LogP contribution in [0.1, 0.15) is 67.6 Å². The lowest BCUT2D eigenvalue weighted by Crippen LogP contribution is -2.53. The van der Waals surface area contributed by atoms with Crippen LogP contribution in [0.5, 0.6) is 0 Å². The molecule has 14 N–H and O–H groups in total. The van der Waals surface area contributed by atoms with E-state index in [1.54, 1.807) is 0 Å². The average Bonchev–Trinajstić information content (AvgIpc) is 3.20. The first-order chi connectivity index (χ1) is 27.6. The predicted molar refractivity (Wildman–Crippen MR) is 203 cm³/mol. The van der Waals surface area contributed by atoms with Crippen LogP contribution in [0.25, 0.3) is 0 Å². The van der Waals surface area contributed by atoms with Gasteiger partial charge in [0.05, 0.1) is 58.6 Å². The van der Waals surface area contributed by atoms with E-state index >= 15 is 0 Å². The number of nitrogens with one attached hydrogen (secondary N) is 5. The molecule has 5 amide bonds. The Balaban J connectivity index is 5.55. The fourth-order valence-electron chi connectivity index (χ4n) is 4.92. The van der Waals surface area contributed by atoms with Gasteiger partial charge < -0.3 is 82.0 Å². The normalized spacial score (nSPS) is 17.2. The van der Waals surface area contributed by atoms with Crippen molar-refractivity contribution in [1.29, 1.82) is 0 Å². The summed E-state index contributed by atoms with van der Waals surface area (Å²) in [6.07, 6.45) is -15.9. The van der Waals surface area contributed by atoms with Gasteiger partial charge >= 0.3 is 0 Å². The zero-order chi connectivity index (χ0) is 45.3. The van der Waals surface area contributed by atoms with Gasteiger partial charge in [-0.2, -0.15) is 0 Å². The molecular weight excluding hydrogens is 774 g/mol. The van der Waals surface area contributed by atoms with Crippen molar-refractivity contribution in [3.63, 3.8) is 0 Å². The molecule has 0 aliphatic carbocycles. The van der Waals surface area contributed by atoms with Crippen LogP contribution in [0, 0.1) is 11.3 Å². The molecule has 0 radical (unpaired) electrons. The average molecular weight is 843 g/mol. The maximum absolute atomic E-state index is 13.4. The maximum Gasteiger partial charge on any atom is 0.242 e. The lowest BCUT2D eigenvalue weighted by molar-refractivity contribution is -0.135. The number of ketones is 1. The van der Waals surface area contributed by atoms with Gasteiger partial charge in [-0.3, -0.25) is 28.8 Å². The third-order valence-electron chi connectivity index (χ3n) is 8.50. The summed E-state index contributed by atoms with van der Waals surface area (Å²) < 4.78 is 17.8. The summed E-state index contributed by atoms with van der Waals surface area (Å²) >= 11 is 0. The number of rotatable bonds is 31. The number of hydrogen-bond donors (Lipinski definition) is 14. The Labute approximate surface area is 339 Å². The number of amides is 5. The number of Topliss-reactive ketones (excluding diaryl/α,β-unsaturated/α-hetero) is 1. The van der Waals surface area contributed by atoms with Crippen LogP contribution in [-0.4, -0.2) is 196 Å². The Kier molecular flexibility index (Phi) is 26.2. The molecule has 0 aromatic carbocycles. The van der Waals surface area contributed by atoms with Gasteiger partial charge in [0.25, 0.3) is 0 Å². The summed E-state index contributed by atoms with van der Waals surface area (Å²) in [7, 11) is -0.612. The second kappa shape index (κ2) is 28.9. The molecule has 10 atom stereocenters. The standard InChI is InChI=1S/C36H67N5O17/c1-6-23(44)30(51)31(52)24(45)15-39-27(48)8-7-22(35(56)40-16-25(46)32(53)33(54)26(47)17-42)41-34(55)20(18-57-5)13-21(43)14-38-28(49)9-11-37-29(50)10-12-58-19-36(2,3)4/h20,22-26,30-33,42,44-47,51-54H,6-19H2,1-5H3,(H,37,50)(H,38,49)(H,39,48)(H,40,56)(H,41,55)/t20?,22?,23-,24+,25+,26-,30-,31-,32-,33-/m1/s1/i5D. The molecule has 0 heterocycles. The van der Waals surface area contributed by atoms with Crippen molar-refractivity contribution in [2.75, 3.05) is 59.7 Å². The lowest BCUT2D eigenvalue weighted by atomic mass is 9.99. The first-order valence-electron chi connectivity index (χ1n) is 19.7. The van der Waals surface area contributed by atoms with Crippen LogP contribution < -0.4 is 26.6 Å². The molecule has 0 aliphatic heterocycles. The van der Waals surface area contributed by atoms with E-state index in [9.17, 15) is 69.6 Å². The largest absolute Gasteiger partial charge is 0.394 e. The summed E-state index contributed by atoms with van der Waals surface area (Å²) in [6, 6.07) is -1.59. The molecule has 0 bridgehead atoms. The number of aliphatic hydroxyl groups excluding tert-OH is 9. The zero-order valence-corrected chi connectivity index (χ0v) is 33.7. The van der Waals surface area contributed by atoms with Gasteiger partial charge in [-0.25, -0.2) is 0 Å². The van der Waals surface area contributed by atoms with E-state index < -0.39 is 149 Å². The van der Waals surface area contributed by atoms with E-state index in [0.717, 1.165) is 0 Å². The molecule has 0 rings (SSSR count). The summed E-state index contributed by atoms with van der Waals surface area (Å²) in [5.74, 6) is -5.69. The van der Waals surface area contributed by atoms with Gasteiger partial charge in [-0.15, -0.1) is 0 Å². The van der Waals surface area contributed by atoms with Gasteiger partial charge in [0.15, 0.2) is 5.78 Å². The molecule has 0 saturated carbocycles. The van der Waals surface area contributed by atoms with Crippen molar-refractivity contribution in [2.45, 2.75) is 121 Å². The fourth-order valence-corrected chi connectivity index (χ4v) is 4.92. The highest BCUT2D eigenvalue weighted by Gasteiger charge is 2.33. The van der Waals surface area contributed by atoms with Crippen LogP contribution in [0.3, 0.4) is 0 Å². The minimum absolute atomic E-state index is 0.0160. The van der Waals surface area contributed by atoms with E-state index in [1.165, 1.54) is 6.92 Å². The summed E-state index contributed by atoms with van der Waals surface area (Å²) in [6.45, 7) is 4.82. The van der Waals surface area contributed by atoms with Gasteiger partial charge in [0, 0.05) is 52.4 Å². The highest BCUT2D eigenvalue weighted by Crippen LogP contribution is 2.13. The number of carbonyl (C=O) groups is 6. The minimum atomic E-state index is -2.05. The molecule has 58 heavy (non-hydrogen) atoms. The highest BCUT2D eigenvalue weighted by atomic mass is 16.5. The molecule has 22 nitrogen and oxygen atoms in total. The van der Waals surface area contributed by atoms with Gasteiger partial charge in [-0.1, -0.05) is 27.7 Å². The predicted octanol–water partition coefficient (Wildman–Crippen LogP) is -5.93. The zero-order valence-electron chi connectivity index (χ0n) is 34.7. The number of aliphatic hydroxyl groups is 9. The molecule has 22 heteroatoms. The third kappa shape index (κ3) is 23.2. The molecule has 0 aromatic rings. The number of ether oxygens (including phenoxy) is 2. The Morgan fingerprint density at radius 3 is 1.81 bits per heavy atom. The minimum Gasteiger partial charge on any atom is -0.394 e. The highest BCUT2D eigenvalue weighted by molar-refractivity contribution is 5.93. The quantitative estimate of drug-likeness (QED) is 0.0289. The van der Waals surface area contributed by atoms with Crippen LogP contribution in [0.15, 0.2) is 0 Å². The van der Waals surface area contributed by atoms with E-state index in [1.807, 2.05) is 20.8 Å². The second-order valence-corrected chi connectivity index (χ2v) is 15.0. The Morgan fingerprint density at radius 1 is 0.690 bits per heavy atom. The van der Waals surface area contributed by atoms with E-state index in [2.05, 4.69) is 26.6 Å². The number of carbonyl (C=O) groups excluding carboxylic acids is 6. The van der Waals surface area contributed by atoms with Crippen molar-refractivity contribution >= 4 is 35.3 Å². The smallest absolute Gasteiger partial charge is 0.242 e. The summed E-state index contributed by atoms with van der Waals surface area (Å²) in [4.78, 5) is 76.4. The molecular formula is C36H67N5O17.